The maximum absolute atomic E-state index is 11.8. The highest BCUT2D eigenvalue weighted by molar-refractivity contribution is 5.85. The van der Waals surface area contributed by atoms with Gasteiger partial charge in [-0.3, -0.25) is 9.69 Å². The lowest BCUT2D eigenvalue weighted by molar-refractivity contribution is -0.123. The number of Topliss-reactive ketones (excluding diaryl/α,β-unsaturated/α-hetero) is 1. The van der Waals surface area contributed by atoms with Crippen molar-refractivity contribution in [3.8, 4) is 0 Å². The second-order valence-electron chi connectivity index (χ2n) is 6.11. The van der Waals surface area contributed by atoms with E-state index in [-0.39, 0.29) is 6.04 Å². The number of hydrogen-bond acceptors (Lipinski definition) is 3. The standard InChI is InChI=1S/C14H24N2O/c1-15-8-3-4-11-10-16(9-7-12(11)15)13-5-2-6-14(13)17/h11-13H,2-10H2,1H3. The Hall–Kier alpha value is -0.410. The minimum atomic E-state index is 0.281. The van der Waals surface area contributed by atoms with Crippen LogP contribution < -0.4 is 0 Å². The second kappa shape index (κ2) is 4.69. The highest BCUT2D eigenvalue weighted by Gasteiger charge is 2.39. The zero-order valence-electron chi connectivity index (χ0n) is 10.9. The molecule has 0 aromatic heterocycles. The number of ketones is 1. The van der Waals surface area contributed by atoms with Crippen LogP contribution in [0.5, 0.6) is 0 Å². The molecular formula is C14H24N2O. The lowest BCUT2D eigenvalue weighted by atomic mass is 9.83. The van der Waals surface area contributed by atoms with Gasteiger partial charge in [-0.15, -0.1) is 0 Å². The molecule has 2 heterocycles. The zero-order chi connectivity index (χ0) is 11.8. The van der Waals surface area contributed by atoms with Crippen molar-refractivity contribution in [1.29, 1.82) is 0 Å². The van der Waals surface area contributed by atoms with Crippen molar-refractivity contribution in [2.45, 2.75) is 50.6 Å². The van der Waals surface area contributed by atoms with Gasteiger partial charge in [0.15, 0.2) is 0 Å². The molecule has 0 spiro atoms. The van der Waals surface area contributed by atoms with Crippen LogP contribution in [0.15, 0.2) is 0 Å². The van der Waals surface area contributed by atoms with Gasteiger partial charge in [0.1, 0.15) is 5.78 Å². The monoisotopic (exact) mass is 236 g/mol. The molecule has 0 aromatic rings. The van der Waals surface area contributed by atoms with Crippen molar-refractivity contribution >= 4 is 5.78 Å². The van der Waals surface area contributed by atoms with Crippen LogP contribution in [0, 0.1) is 5.92 Å². The molecule has 3 aliphatic rings. The minimum Gasteiger partial charge on any atom is -0.303 e. The number of nitrogens with zero attached hydrogens (tertiary/aromatic N) is 2. The van der Waals surface area contributed by atoms with E-state index in [1.165, 1.54) is 32.4 Å². The molecule has 96 valence electrons. The maximum atomic E-state index is 11.8. The fraction of sp³-hybridized carbons (Fsp3) is 0.929. The third-order valence-electron chi connectivity index (χ3n) is 5.09. The SMILES string of the molecule is CN1CCCC2CN(C3CCCC3=O)CCC21. The summed E-state index contributed by atoms with van der Waals surface area (Å²) in [5.41, 5.74) is 0. The van der Waals surface area contributed by atoms with Crippen LogP contribution in [0.4, 0.5) is 0 Å². The van der Waals surface area contributed by atoms with Crippen molar-refractivity contribution in [3.05, 3.63) is 0 Å². The molecule has 2 aliphatic heterocycles. The molecule has 0 aromatic carbocycles. The van der Waals surface area contributed by atoms with Gasteiger partial charge in [0, 0.05) is 25.6 Å². The van der Waals surface area contributed by atoms with Crippen molar-refractivity contribution in [3.63, 3.8) is 0 Å². The van der Waals surface area contributed by atoms with Crippen LogP contribution in [0.2, 0.25) is 0 Å². The highest BCUT2D eigenvalue weighted by atomic mass is 16.1. The smallest absolute Gasteiger partial charge is 0.149 e. The van der Waals surface area contributed by atoms with Crippen molar-refractivity contribution in [2.24, 2.45) is 5.92 Å². The van der Waals surface area contributed by atoms with E-state index in [9.17, 15) is 4.79 Å². The van der Waals surface area contributed by atoms with Crippen LogP contribution in [-0.2, 0) is 4.79 Å². The molecule has 0 bridgehead atoms. The predicted octanol–water partition coefficient (Wildman–Crippen LogP) is 1.52. The molecule has 3 nitrogen and oxygen atoms in total. The molecule has 1 saturated carbocycles. The average molecular weight is 236 g/mol. The van der Waals surface area contributed by atoms with E-state index in [0.717, 1.165) is 37.8 Å². The molecule has 2 saturated heterocycles. The number of hydrogen-bond donors (Lipinski definition) is 0. The topological polar surface area (TPSA) is 23.6 Å². The summed E-state index contributed by atoms with van der Waals surface area (Å²) in [6, 6.07) is 1.07. The van der Waals surface area contributed by atoms with Crippen molar-refractivity contribution in [2.75, 3.05) is 26.7 Å². The van der Waals surface area contributed by atoms with Gasteiger partial charge in [0.25, 0.3) is 0 Å². The summed E-state index contributed by atoms with van der Waals surface area (Å²) >= 11 is 0. The summed E-state index contributed by atoms with van der Waals surface area (Å²) in [4.78, 5) is 16.9. The van der Waals surface area contributed by atoms with Crippen molar-refractivity contribution < 1.29 is 4.79 Å². The number of rotatable bonds is 1. The summed E-state index contributed by atoms with van der Waals surface area (Å²) in [6.45, 7) is 3.58. The van der Waals surface area contributed by atoms with Crippen LogP contribution in [0.3, 0.4) is 0 Å². The van der Waals surface area contributed by atoms with E-state index < -0.39 is 0 Å². The summed E-state index contributed by atoms with van der Waals surface area (Å²) in [6.07, 6.45) is 7.04. The number of carbonyl (C=O) groups is 1. The molecule has 3 unspecified atom stereocenters. The first kappa shape index (κ1) is 11.7. The molecule has 0 radical (unpaired) electrons. The molecule has 3 heteroatoms. The maximum Gasteiger partial charge on any atom is 0.149 e. The van der Waals surface area contributed by atoms with Gasteiger partial charge in [-0.25, -0.2) is 0 Å². The highest BCUT2D eigenvalue weighted by Crippen LogP contribution is 2.32. The summed E-state index contributed by atoms with van der Waals surface area (Å²) < 4.78 is 0. The fourth-order valence-corrected chi connectivity index (χ4v) is 4.15. The van der Waals surface area contributed by atoms with Crippen LogP contribution in [0.25, 0.3) is 0 Å². The Labute approximate surface area is 104 Å². The first-order valence-corrected chi connectivity index (χ1v) is 7.22. The third-order valence-corrected chi connectivity index (χ3v) is 5.09. The first-order valence-electron chi connectivity index (χ1n) is 7.22. The van der Waals surface area contributed by atoms with E-state index in [2.05, 4.69) is 16.8 Å². The van der Waals surface area contributed by atoms with E-state index in [0.29, 0.717) is 5.78 Å². The Morgan fingerprint density at radius 3 is 2.76 bits per heavy atom. The Morgan fingerprint density at radius 2 is 2.00 bits per heavy atom. The van der Waals surface area contributed by atoms with E-state index >= 15 is 0 Å². The van der Waals surface area contributed by atoms with Gasteiger partial charge in [-0.1, -0.05) is 0 Å². The van der Waals surface area contributed by atoms with E-state index in [4.69, 9.17) is 0 Å². The lowest BCUT2D eigenvalue weighted by Crippen LogP contribution is -2.55. The molecule has 3 atom stereocenters. The number of likely N-dealkylation sites (tertiary alicyclic amines) is 2. The molecule has 3 rings (SSSR count). The van der Waals surface area contributed by atoms with Gasteiger partial charge >= 0.3 is 0 Å². The van der Waals surface area contributed by atoms with Gasteiger partial charge in [-0.2, -0.15) is 0 Å². The van der Waals surface area contributed by atoms with Gasteiger partial charge in [-0.05, 0) is 51.6 Å². The Balaban J connectivity index is 1.65. The zero-order valence-corrected chi connectivity index (χ0v) is 10.9. The van der Waals surface area contributed by atoms with Crippen LogP contribution >= 0.6 is 0 Å². The Bertz CT molecular complexity index is 305. The quantitative estimate of drug-likeness (QED) is 0.690. The molecule has 1 aliphatic carbocycles. The summed E-state index contributed by atoms with van der Waals surface area (Å²) in [5.74, 6) is 1.32. The van der Waals surface area contributed by atoms with Crippen molar-refractivity contribution in [1.82, 2.24) is 9.80 Å². The second-order valence-corrected chi connectivity index (χ2v) is 6.11. The average Bonchev–Trinajstić information content (AvgIpc) is 2.75. The first-order chi connectivity index (χ1) is 8.25. The van der Waals surface area contributed by atoms with Crippen LogP contribution in [0.1, 0.15) is 38.5 Å². The molecule has 0 amide bonds. The van der Waals surface area contributed by atoms with Gasteiger partial charge in [0.2, 0.25) is 0 Å². The van der Waals surface area contributed by atoms with Gasteiger partial charge in [0.05, 0.1) is 6.04 Å². The Morgan fingerprint density at radius 1 is 1.12 bits per heavy atom. The molecule has 3 fully saturated rings. The van der Waals surface area contributed by atoms with Crippen LogP contribution in [-0.4, -0.2) is 54.3 Å². The third kappa shape index (κ3) is 2.15. The summed E-state index contributed by atoms with van der Waals surface area (Å²) in [7, 11) is 2.27. The Kier molecular flexibility index (Phi) is 3.22. The molecular weight excluding hydrogens is 212 g/mol. The fourth-order valence-electron chi connectivity index (χ4n) is 4.15. The molecule has 17 heavy (non-hydrogen) atoms. The molecule has 0 N–H and O–H groups in total. The number of carbonyl (C=O) groups excluding carboxylic acids is 1. The summed E-state index contributed by atoms with van der Waals surface area (Å²) in [5, 5.41) is 0. The minimum absolute atomic E-state index is 0.281. The van der Waals surface area contributed by atoms with E-state index in [1.807, 2.05) is 0 Å². The normalized spacial score (nSPS) is 40.5. The van der Waals surface area contributed by atoms with Gasteiger partial charge < -0.3 is 4.90 Å². The predicted molar refractivity (Wildman–Crippen MR) is 68.0 cm³/mol. The number of fused-ring (bicyclic) bond motifs is 1. The lowest BCUT2D eigenvalue weighted by Gasteiger charge is -2.47. The number of piperidine rings is 2. The largest absolute Gasteiger partial charge is 0.303 e. The van der Waals surface area contributed by atoms with E-state index in [1.54, 1.807) is 0 Å².